The lowest BCUT2D eigenvalue weighted by molar-refractivity contribution is 0.0703. The number of urea groups is 1. The van der Waals surface area contributed by atoms with Crippen LogP contribution in [0.3, 0.4) is 0 Å². The van der Waals surface area contributed by atoms with E-state index in [0.29, 0.717) is 6.54 Å². The van der Waals surface area contributed by atoms with E-state index in [1.54, 1.807) is 14.1 Å². The van der Waals surface area contributed by atoms with Crippen molar-refractivity contribution in [2.24, 2.45) is 5.92 Å². The smallest absolute Gasteiger partial charge is 0.316 e. The molecule has 0 radical (unpaired) electrons. The summed E-state index contributed by atoms with van der Waals surface area (Å²) < 4.78 is 0. The lowest BCUT2D eigenvalue weighted by Crippen LogP contribution is -2.41. The summed E-state index contributed by atoms with van der Waals surface area (Å²) >= 11 is 0. The zero-order valence-electron chi connectivity index (χ0n) is 8.99. The molecule has 0 aliphatic heterocycles. The fourth-order valence-electron chi connectivity index (χ4n) is 1.80. The Morgan fingerprint density at radius 3 is 2.64 bits per heavy atom. The Morgan fingerprint density at radius 2 is 2.07 bits per heavy atom. The minimum atomic E-state index is -0.230. The molecule has 0 bridgehead atoms. The fraction of sp³-hybridized carbons (Fsp3) is 0.900. The van der Waals surface area contributed by atoms with Crippen LogP contribution in [0.15, 0.2) is 0 Å². The molecule has 2 atom stereocenters. The first-order chi connectivity index (χ1) is 6.61. The summed E-state index contributed by atoms with van der Waals surface area (Å²) in [5.74, 6) is 0.243. The molecular formula is C10H20N2O2. The van der Waals surface area contributed by atoms with E-state index in [1.165, 1.54) is 11.3 Å². The normalized spacial score (nSPS) is 27.1. The number of aliphatic hydroxyl groups excluding tert-OH is 1. The van der Waals surface area contributed by atoms with E-state index in [9.17, 15) is 9.90 Å². The minimum Gasteiger partial charge on any atom is -0.393 e. The molecule has 1 rings (SSSR count). The minimum absolute atomic E-state index is 0.0808. The van der Waals surface area contributed by atoms with Gasteiger partial charge in [-0.05, 0) is 12.8 Å². The first kappa shape index (κ1) is 11.3. The largest absolute Gasteiger partial charge is 0.393 e. The molecule has 1 aliphatic rings. The highest BCUT2D eigenvalue weighted by molar-refractivity contribution is 5.73. The summed E-state index contributed by atoms with van der Waals surface area (Å²) in [5, 5.41) is 12.5. The molecule has 1 saturated carbocycles. The highest BCUT2D eigenvalue weighted by Gasteiger charge is 2.23. The number of nitrogens with zero attached hydrogens (tertiary/aromatic N) is 1. The van der Waals surface area contributed by atoms with Crippen molar-refractivity contribution in [3.8, 4) is 0 Å². The van der Waals surface area contributed by atoms with E-state index >= 15 is 0 Å². The van der Waals surface area contributed by atoms with Gasteiger partial charge in [0.2, 0.25) is 0 Å². The van der Waals surface area contributed by atoms with Gasteiger partial charge in [0.1, 0.15) is 0 Å². The van der Waals surface area contributed by atoms with Crippen molar-refractivity contribution in [1.29, 1.82) is 0 Å². The van der Waals surface area contributed by atoms with Crippen molar-refractivity contribution >= 4 is 6.03 Å². The zero-order chi connectivity index (χ0) is 10.6. The third kappa shape index (κ3) is 3.18. The van der Waals surface area contributed by atoms with Crippen LogP contribution in [-0.2, 0) is 0 Å². The number of rotatable bonds is 2. The SMILES string of the molecule is CN(C)C(=O)NCC1CCCCC1O. The Hall–Kier alpha value is -0.770. The Labute approximate surface area is 85.3 Å². The summed E-state index contributed by atoms with van der Waals surface area (Å²) in [5.41, 5.74) is 0. The third-order valence-electron chi connectivity index (χ3n) is 2.79. The summed E-state index contributed by atoms with van der Waals surface area (Å²) in [6.07, 6.45) is 3.95. The first-order valence-electron chi connectivity index (χ1n) is 5.24. The van der Waals surface area contributed by atoms with Crippen molar-refractivity contribution in [2.45, 2.75) is 31.8 Å². The van der Waals surface area contributed by atoms with Gasteiger partial charge in [-0.25, -0.2) is 4.79 Å². The molecule has 2 N–H and O–H groups in total. The van der Waals surface area contributed by atoms with Gasteiger partial charge in [-0.3, -0.25) is 0 Å². The maximum Gasteiger partial charge on any atom is 0.316 e. The van der Waals surface area contributed by atoms with Crippen LogP contribution in [0.2, 0.25) is 0 Å². The standard InChI is InChI=1S/C10H20N2O2/c1-12(2)10(14)11-7-8-5-3-4-6-9(8)13/h8-9,13H,3-7H2,1-2H3,(H,11,14). The van der Waals surface area contributed by atoms with Crippen LogP contribution in [-0.4, -0.2) is 42.8 Å². The van der Waals surface area contributed by atoms with Gasteiger partial charge in [-0.2, -0.15) is 0 Å². The number of hydrogen-bond acceptors (Lipinski definition) is 2. The van der Waals surface area contributed by atoms with E-state index in [2.05, 4.69) is 5.32 Å². The van der Waals surface area contributed by atoms with Crippen molar-refractivity contribution in [2.75, 3.05) is 20.6 Å². The predicted octanol–water partition coefficient (Wildman–Crippen LogP) is 0.809. The van der Waals surface area contributed by atoms with Crippen LogP contribution in [0.25, 0.3) is 0 Å². The second kappa shape index (κ2) is 5.20. The highest BCUT2D eigenvalue weighted by Crippen LogP contribution is 2.23. The van der Waals surface area contributed by atoms with E-state index in [-0.39, 0.29) is 18.1 Å². The Bertz CT molecular complexity index is 195. The van der Waals surface area contributed by atoms with E-state index in [1.807, 2.05) is 0 Å². The van der Waals surface area contributed by atoms with Crippen molar-refractivity contribution in [3.05, 3.63) is 0 Å². The van der Waals surface area contributed by atoms with Crippen molar-refractivity contribution in [1.82, 2.24) is 10.2 Å². The molecular weight excluding hydrogens is 180 g/mol. The highest BCUT2D eigenvalue weighted by atomic mass is 16.3. The predicted molar refractivity (Wildman–Crippen MR) is 55.1 cm³/mol. The monoisotopic (exact) mass is 200 g/mol. The molecule has 0 spiro atoms. The van der Waals surface area contributed by atoms with Gasteiger partial charge in [0.25, 0.3) is 0 Å². The Kier molecular flexibility index (Phi) is 4.20. The lowest BCUT2D eigenvalue weighted by atomic mass is 9.86. The average molecular weight is 200 g/mol. The van der Waals surface area contributed by atoms with E-state index < -0.39 is 0 Å². The molecule has 1 fully saturated rings. The van der Waals surface area contributed by atoms with Crippen LogP contribution < -0.4 is 5.32 Å². The van der Waals surface area contributed by atoms with Crippen LogP contribution >= 0.6 is 0 Å². The molecule has 0 aromatic heterocycles. The van der Waals surface area contributed by atoms with Gasteiger partial charge in [0, 0.05) is 26.6 Å². The van der Waals surface area contributed by atoms with Crippen molar-refractivity contribution in [3.63, 3.8) is 0 Å². The van der Waals surface area contributed by atoms with Gasteiger partial charge < -0.3 is 15.3 Å². The summed E-state index contributed by atoms with van der Waals surface area (Å²) in [4.78, 5) is 12.7. The molecule has 0 aromatic carbocycles. The molecule has 1 aliphatic carbocycles. The third-order valence-corrected chi connectivity index (χ3v) is 2.79. The van der Waals surface area contributed by atoms with Gasteiger partial charge in [-0.15, -0.1) is 0 Å². The van der Waals surface area contributed by atoms with Crippen LogP contribution in [0.5, 0.6) is 0 Å². The second-order valence-electron chi connectivity index (χ2n) is 4.19. The number of carbonyl (C=O) groups is 1. The zero-order valence-corrected chi connectivity index (χ0v) is 8.99. The van der Waals surface area contributed by atoms with E-state index in [0.717, 1.165) is 19.3 Å². The Morgan fingerprint density at radius 1 is 1.43 bits per heavy atom. The number of aliphatic hydroxyl groups is 1. The maximum atomic E-state index is 11.2. The maximum absolute atomic E-state index is 11.2. The molecule has 82 valence electrons. The fourth-order valence-corrected chi connectivity index (χ4v) is 1.80. The second-order valence-corrected chi connectivity index (χ2v) is 4.19. The molecule has 14 heavy (non-hydrogen) atoms. The average Bonchev–Trinajstić information content (AvgIpc) is 2.16. The quantitative estimate of drug-likeness (QED) is 0.693. The Balaban J connectivity index is 2.26. The molecule has 2 unspecified atom stereocenters. The summed E-state index contributed by atoms with van der Waals surface area (Å²) in [6.45, 7) is 0.595. The first-order valence-corrected chi connectivity index (χ1v) is 5.24. The summed E-state index contributed by atoms with van der Waals surface area (Å²) in [6, 6.07) is -0.0808. The van der Waals surface area contributed by atoms with Crippen LogP contribution in [0.1, 0.15) is 25.7 Å². The molecule has 0 saturated heterocycles. The lowest BCUT2D eigenvalue weighted by Gasteiger charge is -2.28. The molecule has 4 nitrogen and oxygen atoms in total. The number of carbonyl (C=O) groups excluding carboxylic acids is 1. The number of amides is 2. The van der Waals surface area contributed by atoms with Crippen LogP contribution in [0.4, 0.5) is 4.79 Å². The van der Waals surface area contributed by atoms with Gasteiger partial charge in [-0.1, -0.05) is 12.8 Å². The molecule has 0 heterocycles. The summed E-state index contributed by atoms with van der Waals surface area (Å²) in [7, 11) is 3.43. The van der Waals surface area contributed by atoms with Gasteiger partial charge in [0.05, 0.1) is 6.10 Å². The van der Waals surface area contributed by atoms with Gasteiger partial charge in [0.15, 0.2) is 0 Å². The van der Waals surface area contributed by atoms with Crippen LogP contribution in [0, 0.1) is 5.92 Å². The van der Waals surface area contributed by atoms with Crippen molar-refractivity contribution < 1.29 is 9.90 Å². The van der Waals surface area contributed by atoms with Gasteiger partial charge >= 0.3 is 6.03 Å². The molecule has 4 heteroatoms. The number of nitrogens with one attached hydrogen (secondary N) is 1. The number of hydrogen-bond donors (Lipinski definition) is 2. The topological polar surface area (TPSA) is 52.6 Å². The molecule has 0 aromatic rings. The molecule has 2 amide bonds. The van der Waals surface area contributed by atoms with E-state index in [4.69, 9.17) is 0 Å².